The van der Waals surface area contributed by atoms with Crippen molar-refractivity contribution < 1.29 is 27.9 Å². The molecule has 1 aromatic carbocycles. The van der Waals surface area contributed by atoms with E-state index in [4.69, 9.17) is 5.11 Å². The number of benzene rings is 1. The fourth-order valence-corrected chi connectivity index (χ4v) is 1.58. The number of amides is 2. The Morgan fingerprint density at radius 1 is 1.35 bits per heavy atom. The number of hydrogen-bond acceptors (Lipinski definition) is 2. The predicted octanol–water partition coefficient (Wildman–Crippen LogP) is 2.15. The van der Waals surface area contributed by atoms with Crippen LogP contribution in [0.1, 0.15) is 24.1 Å². The molecule has 0 spiro atoms. The minimum absolute atomic E-state index is 0.121. The van der Waals surface area contributed by atoms with Crippen molar-refractivity contribution in [2.75, 3.05) is 6.54 Å². The van der Waals surface area contributed by atoms with Crippen LogP contribution in [0.25, 0.3) is 0 Å². The highest BCUT2D eigenvalue weighted by Gasteiger charge is 2.31. The van der Waals surface area contributed by atoms with E-state index in [0.29, 0.717) is 0 Å². The molecule has 2 amide bonds. The lowest BCUT2D eigenvalue weighted by Crippen LogP contribution is -2.36. The number of carbonyl (C=O) groups is 2. The molecule has 3 N–H and O–H groups in total. The van der Waals surface area contributed by atoms with E-state index in [1.165, 1.54) is 19.1 Å². The standard InChI is InChI=1S/C12H13F3N2O3/c1-7(18)16-6-10(17-11(19)20)8-3-2-4-9(5-8)12(13,14)15/h2-5,10,17H,6H2,1H3,(H,16,18)(H,19,20). The van der Waals surface area contributed by atoms with Gasteiger partial charge in [0.1, 0.15) is 0 Å². The Bertz CT molecular complexity index is 503. The van der Waals surface area contributed by atoms with Crippen LogP contribution < -0.4 is 10.6 Å². The Morgan fingerprint density at radius 3 is 2.50 bits per heavy atom. The average Bonchev–Trinajstić information content (AvgIpc) is 2.33. The van der Waals surface area contributed by atoms with E-state index in [1.54, 1.807) is 0 Å². The summed E-state index contributed by atoms with van der Waals surface area (Å²) in [5.41, 5.74) is -0.758. The van der Waals surface area contributed by atoms with Crippen LogP contribution in [0.3, 0.4) is 0 Å². The van der Waals surface area contributed by atoms with Crippen LogP contribution in [-0.2, 0) is 11.0 Å². The van der Waals surface area contributed by atoms with Gasteiger partial charge in [-0.25, -0.2) is 4.79 Å². The summed E-state index contributed by atoms with van der Waals surface area (Å²) in [6.07, 6.45) is -5.91. The Morgan fingerprint density at radius 2 is 2.00 bits per heavy atom. The second-order valence-electron chi connectivity index (χ2n) is 4.06. The van der Waals surface area contributed by atoms with Gasteiger partial charge >= 0.3 is 12.3 Å². The zero-order chi connectivity index (χ0) is 15.3. The topological polar surface area (TPSA) is 78.4 Å². The molecule has 0 aromatic heterocycles. The van der Waals surface area contributed by atoms with E-state index in [-0.39, 0.29) is 12.1 Å². The molecule has 0 aliphatic carbocycles. The maximum absolute atomic E-state index is 12.6. The molecular formula is C12H13F3N2O3. The van der Waals surface area contributed by atoms with Gasteiger partial charge in [-0.05, 0) is 17.7 Å². The van der Waals surface area contributed by atoms with Crippen LogP contribution in [0.5, 0.6) is 0 Å². The van der Waals surface area contributed by atoms with Crippen molar-refractivity contribution in [3.05, 3.63) is 35.4 Å². The van der Waals surface area contributed by atoms with Crippen molar-refractivity contribution in [2.24, 2.45) is 0 Å². The maximum atomic E-state index is 12.6. The zero-order valence-corrected chi connectivity index (χ0v) is 10.5. The average molecular weight is 290 g/mol. The highest BCUT2D eigenvalue weighted by atomic mass is 19.4. The number of rotatable bonds is 4. The molecule has 0 saturated heterocycles. The van der Waals surface area contributed by atoms with Gasteiger partial charge in [0.25, 0.3) is 0 Å². The molecule has 0 aliphatic rings. The molecule has 0 saturated carbocycles. The summed E-state index contributed by atoms with van der Waals surface area (Å²) in [5, 5.41) is 13.1. The van der Waals surface area contributed by atoms with E-state index in [9.17, 15) is 22.8 Å². The minimum Gasteiger partial charge on any atom is -0.465 e. The summed E-state index contributed by atoms with van der Waals surface area (Å²) < 4.78 is 37.8. The van der Waals surface area contributed by atoms with Crippen LogP contribution >= 0.6 is 0 Å². The van der Waals surface area contributed by atoms with Crippen molar-refractivity contribution in [2.45, 2.75) is 19.1 Å². The van der Waals surface area contributed by atoms with Crippen molar-refractivity contribution in [1.82, 2.24) is 10.6 Å². The lowest BCUT2D eigenvalue weighted by atomic mass is 10.0. The Balaban J connectivity index is 3.00. The quantitative estimate of drug-likeness (QED) is 0.795. The summed E-state index contributed by atoms with van der Waals surface area (Å²) in [6.45, 7) is 1.09. The molecular weight excluding hydrogens is 277 g/mol. The second kappa shape index (κ2) is 6.27. The fraction of sp³-hybridized carbons (Fsp3) is 0.333. The van der Waals surface area contributed by atoms with Gasteiger partial charge in [-0.1, -0.05) is 12.1 Å². The van der Waals surface area contributed by atoms with Crippen molar-refractivity contribution in [1.29, 1.82) is 0 Å². The van der Waals surface area contributed by atoms with Gasteiger partial charge in [0.05, 0.1) is 11.6 Å². The Hall–Kier alpha value is -2.25. The third-order valence-corrected chi connectivity index (χ3v) is 2.47. The number of hydrogen-bond donors (Lipinski definition) is 3. The molecule has 0 fully saturated rings. The third-order valence-electron chi connectivity index (χ3n) is 2.47. The van der Waals surface area contributed by atoms with E-state index in [0.717, 1.165) is 12.1 Å². The summed E-state index contributed by atoms with van der Waals surface area (Å²) in [4.78, 5) is 21.5. The number of carboxylic acid groups (broad SMARTS) is 1. The van der Waals surface area contributed by atoms with Gasteiger partial charge in [-0.3, -0.25) is 4.79 Å². The van der Waals surface area contributed by atoms with Crippen LogP contribution in [0.4, 0.5) is 18.0 Å². The molecule has 0 radical (unpaired) electrons. The Kier molecular flexibility index (Phi) is 4.95. The third kappa shape index (κ3) is 4.79. The predicted molar refractivity (Wildman–Crippen MR) is 64.0 cm³/mol. The summed E-state index contributed by atoms with van der Waals surface area (Å²) in [7, 11) is 0. The molecule has 8 heteroatoms. The highest BCUT2D eigenvalue weighted by molar-refractivity contribution is 5.73. The summed E-state index contributed by atoms with van der Waals surface area (Å²) in [6, 6.07) is 3.32. The lowest BCUT2D eigenvalue weighted by molar-refractivity contribution is -0.137. The molecule has 20 heavy (non-hydrogen) atoms. The first kappa shape index (κ1) is 15.8. The van der Waals surface area contributed by atoms with Gasteiger partial charge < -0.3 is 15.7 Å². The molecule has 0 heterocycles. The van der Waals surface area contributed by atoms with Crippen molar-refractivity contribution >= 4 is 12.0 Å². The number of halogens is 3. The van der Waals surface area contributed by atoms with Crippen LogP contribution in [0.15, 0.2) is 24.3 Å². The van der Waals surface area contributed by atoms with Crippen LogP contribution in [-0.4, -0.2) is 23.7 Å². The van der Waals surface area contributed by atoms with Gasteiger partial charge in [-0.15, -0.1) is 0 Å². The second-order valence-corrected chi connectivity index (χ2v) is 4.06. The minimum atomic E-state index is -4.52. The molecule has 0 bridgehead atoms. The van der Waals surface area contributed by atoms with Gasteiger partial charge in [0.2, 0.25) is 5.91 Å². The van der Waals surface area contributed by atoms with Crippen molar-refractivity contribution in [3.63, 3.8) is 0 Å². The van der Waals surface area contributed by atoms with Gasteiger partial charge in [-0.2, -0.15) is 13.2 Å². The smallest absolute Gasteiger partial charge is 0.416 e. The highest BCUT2D eigenvalue weighted by Crippen LogP contribution is 2.30. The molecule has 0 aliphatic heterocycles. The number of carbonyl (C=O) groups excluding carboxylic acids is 1. The fourth-order valence-electron chi connectivity index (χ4n) is 1.58. The molecule has 1 atom stereocenters. The molecule has 1 rings (SSSR count). The molecule has 1 unspecified atom stereocenters. The van der Waals surface area contributed by atoms with E-state index < -0.39 is 29.8 Å². The van der Waals surface area contributed by atoms with Gasteiger partial charge in [0.15, 0.2) is 0 Å². The molecule has 1 aromatic rings. The number of nitrogens with one attached hydrogen (secondary N) is 2. The summed E-state index contributed by atoms with van der Waals surface area (Å²) in [5.74, 6) is -0.408. The first-order chi connectivity index (χ1) is 9.20. The largest absolute Gasteiger partial charge is 0.465 e. The lowest BCUT2D eigenvalue weighted by Gasteiger charge is -2.19. The van der Waals surface area contributed by atoms with Crippen LogP contribution in [0.2, 0.25) is 0 Å². The SMILES string of the molecule is CC(=O)NCC(NC(=O)O)c1cccc(C(F)(F)F)c1. The monoisotopic (exact) mass is 290 g/mol. The van der Waals surface area contributed by atoms with E-state index in [2.05, 4.69) is 10.6 Å². The summed E-state index contributed by atoms with van der Waals surface area (Å²) >= 11 is 0. The van der Waals surface area contributed by atoms with Crippen molar-refractivity contribution in [3.8, 4) is 0 Å². The van der Waals surface area contributed by atoms with Gasteiger partial charge in [0, 0.05) is 13.5 Å². The van der Waals surface area contributed by atoms with Crippen LogP contribution in [0, 0.1) is 0 Å². The van der Waals surface area contributed by atoms with E-state index in [1.807, 2.05) is 0 Å². The number of alkyl halides is 3. The zero-order valence-electron chi connectivity index (χ0n) is 10.5. The molecule has 5 nitrogen and oxygen atoms in total. The maximum Gasteiger partial charge on any atom is 0.416 e. The molecule has 110 valence electrons. The Labute approximate surface area is 112 Å². The first-order valence-electron chi connectivity index (χ1n) is 5.61. The first-order valence-corrected chi connectivity index (χ1v) is 5.61. The normalized spacial score (nSPS) is 12.6. The van der Waals surface area contributed by atoms with E-state index >= 15 is 0 Å².